The number of carbonyl (C=O) groups is 3. The van der Waals surface area contributed by atoms with Gasteiger partial charge in [0.1, 0.15) is 18.0 Å². The Hall–Kier alpha value is -2.19. The van der Waals surface area contributed by atoms with Crippen molar-refractivity contribution in [1.82, 2.24) is 9.80 Å². The van der Waals surface area contributed by atoms with Gasteiger partial charge < -0.3 is 14.4 Å². The Morgan fingerprint density at radius 3 is 2.37 bits per heavy atom. The Kier molecular flexibility index (Phi) is 7.15. The van der Waals surface area contributed by atoms with Gasteiger partial charge in [0.25, 0.3) is 11.1 Å². The van der Waals surface area contributed by atoms with Crippen LogP contribution in [0.3, 0.4) is 0 Å². The predicted molar refractivity (Wildman–Crippen MR) is 105 cm³/mol. The SMILES string of the molecule is CCN(CC)C(=O)CN1C(=O)S/C(=C\c2cc(Cl)c(OC)cc2OC)C1=O. The van der Waals surface area contributed by atoms with Crippen LogP contribution in [0.25, 0.3) is 6.08 Å². The second-order valence-corrected chi connectivity index (χ2v) is 6.96. The first kappa shape index (κ1) is 21.1. The van der Waals surface area contributed by atoms with Crippen molar-refractivity contribution in [2.45, 2.75) is 13.8 Å². The second kappa shape index (κ2) is 9.14. The molecule has 1 aliphatic heterocycles. The molecular weight excluding hydrogens is 392 g/mol. The lowest BCUT2D eigenvalue weighted by atomic mass is 10.1. The van der Waals surface area contributed by atoms with E-state index in [1.807, 2.05) is 13.8 Å². The molecule has 0 atom stereocenters. The lowest BCUT2D eigenvalue weighted by Crippen LogP contribution is -2.41. The van der Waals surface area contributed by atoms with Crippen LogP contribution in [-0.2, 0) is 9.59 Å². The number of benzene rings is 1. The fourth-order valence-corrected chi connectivity index (χ4v) is 3.66. The van der Waals surface area contributed by atoms with E-state index in [1.54, 1.807) is 17.0 Å². The molecule has 0 N–H and O–H groups in total. The summed E-state index contributed by atoms with van der Waals surface area (Å²) in [6, 6.07) is 3.19. The lowest BCUT2D eigenvalue weighted by Gasteiger charge is -2.21. The summed E-state index contributed by atoms with van der Waals surface area (Å²) in [4.78, 5) is 39.8. The molecule has 0 unspecified atom stereocenters. The van der Waals surface area contributed by atoms with Gasteiger partial charge in [-0.25, -0.2) is 0 Å². The van der Waals surface area contributed by atoms with Crippen LogP contribution >= 0.6 is 23.4 Å². The summed E-state index contributed by atoms with van der Waals surface area (Å²) in [7, 11) is 2.97. The Labute approximate surface area is 167 Å². The molecule has 0 radical (unpaired) electrons. The third-order valence-corrected chi connectivity index (χ3v) is 5.28. The number of amides is 3. The highest BCUT2D eigenvalue weighted by Gasteiger charge is 2.37. The van der Waals surface area contributed by atoms with E-state index in [0.717, 1.165) is 16.7 Å². The van der Waals surface area contributed by atoms with Crippen LogP contribution in [0, 0.1) is 0 Å². The lowest BCUT2D eigenvalue weighted by molar-refractivity contribution is -0.135. The summed E-state index contributed by atoms with van der Waals surface area (Å²) in [6.45, 7) is 4.44. The fourth-order valence-electron chi connectivity index (χ4n) is 2.59. The monoisotopic (exact) mass is 412 g/mol. The normalized spacial score (nSPS) is 15.4. The summed E-state index contributed by atoms with van der Waals surface area (Å²) in [5, 5.41) is -0.133. The van der Waals surface area contributed by atoms with Gasteiger partial charge in [0.2, 0.25) is 5.91 Å². The van der Waals surface area contributed by atoms with Crippen LogP contribution in [0.2, 0.25) is 5.02 Å². The predicted octanol–water partition coefficient (Wildman–Crippen LogP) is 3.26. The zero-order chi connectivity index (χ0) is 20.1. The van der Waals surface area contributed by atoms with E-state index >= 15 is 0 Å². The Morgan fingerprint density at radius 1 is 1.19 bits per heavy atom. The minimum atomic E-state index is -0.514. The molecule has 0 saturated carbocycles. The van der Waals surface area contributed by atoms with Crippen LogP contribution in [0.15, 0.2) is 17.0 Å². The number of halogens is 1. The molecule has 1 aromatic carbocycles. The van der Waals surface area contributed by atoms with Crippen LogP contribution in [0.4, 0.5) is 4.79 Å². The highest BCUT2D eigenvalue weighted by Crippen LogP contribution is 2.37. The van der Waals surface area contributed by atoms with E-state index in [9.17, 15) is 14.4 Å². The standard InChI is InChI=1S/C18H21ClN2O5S/c1-5-20(6-2)16(22)10-21-17(23)15(27-18(21)24)8-11-7-12(19)14(26-4)9-13(11)25-3/h7-9H,5-6,10H2,1-4H3/b15-8-. The van der Waals surface area contributed by atoms with Crippen molar-refractivity contribution < 1.29 is 23.9 Å². The molecule has 7 nitrogen and oxygen atoms in total. The van der Waals surface area contributed by atoms with Crippen molar-refractivity contribution in [2.75, 3.05) is 33.9 Å². The number of ether oxygens (including phenoxy) is 2. The fraction of sp³-hybridized carbons (Fsp3) is 0.389. The quantitative estimate of drug-likeness (QED) is 0.640. The maximum atomic E-state index is 12.6. The van der Waals surface area contributed by atoms with Gasteiger partial charge in [0.05, 0.1) is 24.1 Å². The first-order valence-corrected chi connectivity index (χ1v) is 9.50. The first-order valence-electron chi connectivity index (χ1n) is 8.30. The zero-order valence-electron chi connectivity index (χ0n) is 15.6. The smallest absolute Gasteiger partial charge is 0.294 e. The van der Waals surface area contributed by atoms with Gasteiger partial charge >= 0.3 is 0 Å². The molecular formula is C18H21ClN2O5S. The molecule has 27 heavy (non-hydrogen) atoms. The van der Waals surface area contributed by atoms with Crippen molar-refractivity contribution in [3.8, 4) is 11.5 Å². The number of likely N-dealkylation sites (N-methyl/N-ethyl adjacent to an activating group) is 1. The molecule has 0 bridgehead atoms. The van der Waals surface area contributed by atoms with E-state index in [2.05, 4.69) is 0 Å². The van der Waals surface area contributed by atoms with Gasteiger partial charge in [0, 0.05) is 24.7 Å². The molecule has 2 rings (SSSR count). The summed E-state index contributed by atoms with van der Waals surface area (Å²) in [6.07, 6.45) is 1.52. The number of hydrogen-bond donors (Lipinski definition) is 0. The maximum absolute atomic E-state index is 12.6. The number of methoxy groups -OCH3 is 2. The highest BCUT2D eigenvalue weighted by atomic mass is 35.5. The summed E-state index contributed by atoms with van der Waals surface area (Å²) < 4.78 is 10.4. The number of thioether (sulfide) groups is 1. The van der Waals surface area contributed by atoms with E-state index in [4.69, 9.17) is 21.1 Å². The van der Waals surface area contributed by atoms with E-state index in [1.165, 1.54) is 20.3 Å². The molecule has 9 heteroatoms. The van der Waals surface area contributed by atoms with Crippen molar-refractivity contribution >= 4 is 46.5 Å². The van der Waals surface area contributed by atoms with Crippen molar-refractivity contribution in [3.63, 3.8) is 0 Å². The Bertz CT molecular complexity index is 792. The minimum Gasteiger partial charge on any atom is -0.496 e. The molecule has 0 spiro atoms. The highest BCUT2D eigenvalue weighted by molar-refractivity contribution is 8.18. The van der Waals surface area contributed by atoms with Crippen molar-refractivity contribution in [3.05, 3.63) is 27.6 Å². The number of imide groups is 1. The molecule has 1 aliphatic rings. The summed E-state index contributed by atoms with van der Waals surface area (Å²) in [5.74, 6) is 0.0963. The number of nitrogens with zero attached hydrogens (tertiary/aromatic N) is 2. The largest absolute Gasteiger partial charge is 0.496 e. The van der Waals surface area contributed by atoms with Crippen LogP contribution in [0.5, 0.6) is 11.5 Å². The molecule has 3 amide bonds. The average Bonchev–Trinajstić information content (AvgIpc) is 2.90. The topological polar surface area (TPSA) is 76.2 Å². The number of carbonyl (C=O) groups excluding carboxylic acids is 3. The number of hydrogen-bond acceptors (Lipinski definition) is 6. The van der Waals surface area contributed by atoms with Crippen molar-refractivity contribution in [2.24, 2.45) is 0 Å². The molecule has 1 saturated heterocycles. The zero-order valence-corrected chi connectivity index (χ0v) is 17.1. The van der Waals surface area contributed by atoms with Crippen molar-refractivity contribution in [1.29, 1.82) is 0 Å². The van der Waals surface area contributed by atoms with Gasteiger partial charge in [0.15, 0.2) is 0 Å². The third kappa shape index (κ3) is 4.56. The van der Waals surface area contributed by atoms with Gasteiger partial charge in [-0.3, -0.25) is 19.3 Å². The Morgan fingerprint density at radius 2 is 1.81 bits per heavy atom. The molecule has 1 aromatic rings. The molecule has 0 aliphatic carbocycles. The molecule has 1 heterocycles. The van der Waals surface area contributed by atoms with Crippen LogP contribution in [0.1, 0.15) is 19.4 Å². The van der Waals surface area contributed by atoms with E-state index < -0.39 is 11.1 Å². The van der Waals surface area contributed by atoms with Crippen LogP contribution in [-0.4, -0.2) is 60.7 Å². The van der Waals surface area contributed by atoms with Gasteiger partial charge in [-0.1, -0.05) is 11.6 Å². The second-order valence-electron chi connectivity index (χ2n) is 5.56. The maximum Gasteiger partial charge on any atom is 0.294 e. The van der Waals surface area contributed by atoms with E-state index in [0.29, 0.717) is 35.2 Å². The number of rotatable bonds is 7. The van der Waals surface area contributed by atoms with Gasteiger partial charge in [-0.15, -0.1) is 0 Å². The molecule has 1 fully saturated rings. The third-order valence-electron chi connectivity index (χ3n) is 4.07. The first-order chi connectivity index (χ1) is 12.9. The van der Waals surface area contributed by atoms with Gasteiger partial charge in [-0.2, -0.15) is 0 Å². The summed E-state index contributed by atoms with van der Waals surface area (Å²) in [5.41, 5.74) is 0.531. The minimum absolute atomic E-state index is 0.201. The van der Waals surface area contributed by atoms with Gasteiger partial charge in [-0.05, 0) is 37.8 Å². The van der Waals surface area contributed by atoms with Crippen LogP contribution < -0.4 is 9.47 Å². The average molecular weight is 413 g/mol. The van der Waals surface area contributed by atoms with E-state index in [-0.39, 0.29) is 17.4 Å². The molecule has 146 valence electrons. The molecule has 0 aromatic heterocycles. The Balaban J connectivity index is 2.28. The summed E-state index contributed by atoms with van der Waals surface area (Å²) >= 11 is 6.92.